The van der Waals surface area contributed by atoms with Gasteiger partial charge in [0.05, 0.1) is 29.6 Å². The van der Waals surface area contributed by atoms with E-state index in [9.17, 15) is 10.1 Å². The van der Waals surface area contributed by atoms with Gasteiger partial charge in [-0.1, -0.05) is 0 Å². The smallest absolute Gasteiger partial charge is 0.307 e. The Morgan fingerprint density at radius 3 is 2.75 bits per heavy atom. The summed E-state index contributed by atoms with van der Waals surface area (Å²) in [6.07, 6.45) is 5.44. The Hall–Kier alpha value is -2.51. The molecular formula is C8H8N6O2. The van der Waals surface area contributed by atoms with Crippen molar-refractivity contribution >= 4 is 11.5 Å². The van der Waals surface area contributed by atoms with Crippen LogP contribution in [-0.4, -0.2) is 24.7 Å². The summed E-state index contributed by atoms with van der Waals surface area (Å²) < 4.78 is 1.42. The minimum Gasteiger partial charge on any atom is -0.382 e. The van der Waals surface area contributed by atoms with Gasteiger partial charge in [-0.05, 0) is 0 Å². The highest BCUT2D eigenvalue weighted by Crippen LogP contribution is 2.08. The maximum absolute atomic E-state index is 10.4. The fourth-order valence-electron chi connectivity index (χ4n) is 1.15. The van der Waals surface area contributed by atoms with Crippen LogP contribution in [0.25, 0.3) is 0 Å². The number of aromatic nitrogens is 4. The predicted molar refractivity (Wildman–Crippen MR) is 54.4 cm³/mol. The van der Waals surface area contributed by atoms with Crippen molar-refractivity contribution < 1.29 is 4.92 Å². The van der Waals surface area contributed by atoms with E-state index in [4.69, 9.17) is 5.73 Å². The molecule has 0 bridgehead atoms. The van der Waals surface area contributed by atoms with Crippen molar-refractivity contribution in [1.82, 2.24) is 19.7 Å². The third-order valence-corrected chi connectivity index (χ3v) is 1.88. The molecule has 0 saturated carbocycles. The lowest BCUT2D eigenvalue weighted by atomic mass is 10.4. The SMILES string of the molecule is Nc1cnc(Cn2cc([N+](=O)[O-])cn2)cn1. The molecule has 8 heteroatoms. The van der Waals surface area contributed by atoms with Gasteiger partial charge in [0, 0.05) is 0 Å². The van der Waals surface area contributed by atoms with Crippen LogP contribution in [0.5, 0.6) is 0 Å². The summed E-state index contributed by atoms with van der Waals surface area (Å²) in [5, 5.41) is 14.3. The highest BCUT2D eigenvalue weighted by molar-refractivity contribution is 5.24. The second-order valence-corrected chi connectivity index (χ2v) is 3.09. The highest BCUT2D eigenvalue weighted by atomic mass is 16.6. The predicted octanol–water partition coefficient (Wildman–Crippen LogP) is 0.212. The average Bonchev–Trinajstić information content (AvgIpc) is 2.70. The average molecular weight is 220 g/mol. The van der Waals surface area contributed by atoms with Gasteiger partial charge in [-0.2, -0.15) is 5.10 Å². The van der Waals surface area contributed by atoms with E-state index >= 15 is 0 Å². The molecule has 0 saturated heterocycles. The summed E-state index contributed by atoms with van der Waals surface area (Å²) >= 11 is 0. The first-order valence-corrected chi connectivity index (χ1v) is 4.38. The van der Waals surface area contributed by atoms with Crippen LogP contribution in [0.15, 0.2) is 24.8 Å². The van der Waals surface area contributed by atoms with Gasteiger partial charge in [0.1, 0.15) is 18.2 Å². The van der Waals surface area contributed by atoms with Crippen LogP contribution in [0.2, 0.25) is 0 Å². The van der Waals surface area contributed by atoms with Crippen molar-refractivity contribution in [3.8, 4) is 0 Å². The number of hydrogen-bond acceptors (Lipinski definition) is 6. The number of nitrogen functional groups attached to an aromatic ring is 1. The monoisotopic (exact) mass is 220 g/mol. The van der Waals surface area contributed by atoms with Crippen molar-refractivity contribution in [2.75, 3.05) is 5.73 Å². The molecule has 2 rings (SSSR count). The molecule has 0 aliphatic heterocycles. The zero-order valence-corrected chi connectivity index (χ0v) is 8.15. The first kappa shape index (κ1) is 10.0. The lowest BCUT2D eigenvalue weighted by Gasteiger charge is -1.99. The number of nitrogens with two attached hydrogens (primary N) is 1. The topological polar surface area (TPSA) is 113 Å². The zero-order valence-electron chi connectivity index (χ0n) is 8.15. The molecule has 2 N–H and O–H groups in total. The van der Waals surface area contributed by atoms with E-state index in [2.05, 4.69) is 15.1 Å². The van der Waals surface area contributed by atoms with Gasteiger partial charge in [-0.25, -0.2) is 4.98 Å². The molecular weight excluding hydrogens is 212 g/mol. The molecule has 0 fully saturated rings. The number of hydrogen-bond donors (Lipinski definition) is 1. The highest BCUT2D eigenvalue weighted by Gasteiger charge is 2.09. The maximum atomic E-state index is 10.4. The molecule has 0 aromatic carbocycles. The summed E-state index contributed by atoms with van der Waals surface area (Å²) in [5.74, 6) is 0.329. The summed E-state index contributed by atoms with van der Waals surface area (Å²) in [6.45, 7) is 0.321. The fourth-order valence-corrected chi connectivity index (χ4v) is 1.15. The fraction of sp³-hybridized carbons (Fsp3) is 0.125. The van der Waals surface area contributed by atoms with Gasteiger partial charge in [0.15, 0.2) is 0 Å². The van der Waals surface area contributed by atoms with Gasteiger partial charge in [-0.3, -0.25) is 19.8 Å². The van der Waals surface area contributed by atoms with Crippen molar-refractivity contribution in [2.45, 2.75) is 6.54 Å². The standard InChI is InChI=1S/C8H8N6O2/c9-8-3-10-6(1-11-8)4-13-5-7(2-12-13)14(15)16/h1-3,5H,4H2,(H2,9,11). The Bertz CT molecular complexity index is 506. The van der Waals surface area contributed by atoms with E-state index < -0.39 is 4.92 Å². The van der Waals surface area contributed by atoms with Crippen LogP contribution in [0, 0.1) is 10.1 Å². The first-order chi connectivity index (χ1) is 7.65. The van der Waals surface area contributed by atoms with Gasteiger partial charge < -0.3 is 5.73 Å². The van der Waals surface area contributed by atoms with Crippen LogP contribution in [0.3, 0.4) is 0 Å². The van der Waals surface area contributed by atoms with E-state index in [1.54, 1.807) is 0 Å². The minimum absolute atomic E-state index is 0.0524. The van der Waals surface area contributed by atoms with Crippen molar-refractivity contribution in [1.29, 1.82) is 0 Å². The number of rotatable bonds is 3. The van der Waals surface area contributed by atoms with Gasteiger partial charge >= 0.3 is 5.69 Å². The second-order valence-electron chi connectivity index (χ2n) is 3.09. The molecule has 0 aliphatic rings. The van der Waals surface area contributed by atoms with E-state index in [1.807, 2.05) is 0 Å². The third-order valence-electron chi connectivity index (χ3n) is 1.88. The number of anilines is 1. The molecule has 82 valence electrons. The molecule has 2 aromatic heterocycles. The Kier molecular flexibility index (Phi) is 2.46. The zero-order chi connectivity index (χ0) is 11.5. The Balaban J connectivity index is 2.14. The van der Waals surface area contributed by atoms with E-state index in [1.165, 1.54) is 29.5 Å². The molecule has 0 spiro atoms. The molecule has 8 nitrogen and oxygen atoms in total. The molecule has 2 aromatic rings. The number of nitrogens with zero attached hydrogens (tertiary/aromatic N) is 5. The first-order valence-electron chi connectivity index (χ1n) is 4.38. The van der Waals surface area contributed by atoms with E-state index in [0.29, 0.717) is 18.1 Å². The molecule has 2 heterocycles. The van der Waals surface area contributed by atoms with Gasteiger partial charge in [0.25, 0.3) is 0 Å². The maximum Gasteiger partial charge on any atom is 0.307 e. The summed E-state index contributed by atoms with van der Waals surface area (Å²) in [5.41, 5.74) is 5.96. The Morgan fingerprint density at radius 2 is 2.19 bits per heavy atom. The summed E-state index contributed by atoms with van der Waals surface area (Å²) in [6, 6.07) is 0. The van der Waals surface area contributed by atoms with Gasteiger partial charge in [0.2, 0.25) is 0 Å². The quantitative estimate of drug-likeness (QED) is 0.584. The Morgan fingerprint density at radius 1 is 1.38 bits per heavy atom. The van der Waals surface area contributed by atoms with E-state index in [-0.39, 0.29) is 5.69 Å². The molecule has 0 amide bonds. The molecule has 16 heavy (non-hydrogen) atoms. The molecule has 0 radical (unpaired) electrons. The minimum atomic E-state index is -0.502. The molecule has 0 unspecified atom stereocenters. The van der Waals surface area contributed by atoms with Crippen LogP contribution in [-0.2, 0) is 6.54 Å². The lowest BCUT2D eigenvalue weighted by Crippen LogP contribution is -2.03. The Labute approximate surface area is 89.9 Å². The number of nitro groups is 1. The van der Waals surface area contributed by atoms with Crippen molar-refractivity contribution in [3.63, 3.8) is 0 Å². The largest absolute Gasteiger partial charge is 0.382 e. The lowest BCUT2D eigenvalue weighted by molar-refractivity contribution is -0.385. The molecule has 0 atom stereocenters. The van der Waals surface area contributed by atoms with Crippen LogP contribution >= 0.6 is 0 Å². The second kappa shape index (κ2) is 3.93. The normalized spacial score (nSPS) is 10.2. The van der Waals surface area contributed by atoms with Crippen LogP contribution < -0.4 is 5.73 Å². The van der Waals surface area contributed by atoms with E-state index in [0.717, 1.165) is 0 Å². The third kappa shape index (κ3) is 2.11. The molecule has 0 aliphatic carbocycles. The van der Waals surface area contributed by atoms with Crippen LogP contribution in [0.1, 0.15) is 5.69 Å². The van der Waals surface area contributed by atoms with Crippen molar-refractivity contribution in [3.05, 3.63) is 40.6 Å². The van der Waals surface area contributed by atoms with Crippen LogP contribution in [0.4, 0.5) is 11.5 Å². The summed E-state index contributed by atoms with van der Waals surface area (Å²) in [4.78, 5) is 17.8. The summed E-state index contributed by atoms with van der Waals surface area (Å²) in [7, 11) is 0. The van der Waals surface area contributed by atoms with Gasteiger partial charge in [-0.15, -0.1) is 0 Å². The van der Waals surface area contributed by atoms with Crippen molar-refractivity contribution in [2.24, 2.45) is 0 Å².